The fraction of sp³-hybridized carbons (Fsp3) is 0.368. The van der Waals surface area contributed by atoms with Gasteiger partial charge in [-0.25, -0.2) is 0 Å². The lowest BCUT2D eigenvalue weighted by Crippen LogP contribution is -2.41. The van der Waals surface area contributed by atoms with E-state index in [1.54, 1.807) is 0 Å². The zero-order valence-corrected chi connectivity index (χ0v) is 13.4. The molecule has 3 rings (SSSR count). The van der Waals surface area contributed by atoms with Crippen molar-refractivity contribution in [2.24, 2.45) is 0 Å². The number of halogens is 1. The molecule has 1 fully saturated rings. The lowest BCUT2D eigenvalue weighted by atomic mass is 9.75. The Labute approximate surface area is 132 Å². The third-order valence-corrected chi connectivity index (χ3v) is 4.79. The molecule has 0 radical (unpaired) electrons. The summed E-state index contributed by atoms with van der Waals surface area (Å²) in [5.74, 6) is 0.685. The molecule has 2 aromatic rings. The van der Waals surface area contributed by atoms with Crippen molar-refractivity contribution < 1.29 is 0 Å². The van der Waals surface area contributed by atoms with Crippen molar-refractivity contribution in [3.8, 4) is 0 Å². The fourth-order valence-electron chi connectivity index (χ4n) is 3.07. The molecule has 1 aliphatic carbocycles. The van der Waals surface area contributed by atoms with Gasteiger partial charge in [0.2, 0.25) is 0 Å². The Bertz CT molecular complexity index is 582. The van der Waals surface area contributed by atoms with Gasteiger partial charge in [0.1, 0.15) is 0 Å². The normalized spacial score (nSPS) is 22.6. The molecular formula is C19H22ClN. The molecule has 2 aromatic carbocycles. The van der Waals surface area contributed by atoms with E-state index >= 15 is 0 Å². The molecule has 1 saturated carbocycles. The smallest absolute Gasteiger partial charge is 0.0406 e. The lowest BCUT2D eigenvalue weighted by Gasteiger charge is -2.38. The van der Waals surface area contributed by atoms with E-state index in [1.165, 1.54) is 29.5 Å². The zero-order chi connectivity index (χ0) is 14.8. The van der Waals surface area contributed by atoms with Gasteiger partial charge < -0.3 is 5.32 Å². The van der Waals surface area contributed by atoms with Gasteiger partial charge in [-0.3, -0.25) is 0 Å². The summed E-state index contributed by atoms with van der Waals surface area (Å²) in [6, 6.07) is 18.2. The van der Waals surface area contributed by atoms with E-state index in [-0.39, 0.29) is 0 Å². The topological polar surface area (TPSA) is 12.0 Å². The van der Waals surface area contributed by atoms with Crippen molar-refractivity contribution in [1.29, 1.82) is 0 Å². The van der Waals surface area contributed by atoms with Gasteiger partial charge in [-0.1, -0.05) is 53.6 Å². The number of rotatable bonds is 4. The molecule has 0 saturated heterocycles. The van der Waals surface area contributed by atoms with Crippen molar-refractivity contribution >= 4 is 11.6 Å². The first-order valence-corrected chi connectivity index (χ1v) is 8.07. The highest BCUT2D eigenvalue weighted by Gasteiger charge is 2.30. The second-order valence-corrected chi connectivity index (χ2v) is 6.65. The van der Waals surface area contributed by atoms with Crippen molar-refractivity contribution in [3.05, 3.63) is 70.2 Å². The van der Waals surface area contributed by atoms with Gasteiger partial charge in [0.15, 0.2) is 0 Å². The molecule has 1 atom stereocenters. The molecule has 2 heteroatoms. The maximum Gasteiger partial charge on any atom is 0.0406 e. The van der Waals surface area contributed by atoms with Crippen LogP contribution in [0.3, 0.4) is 0 Å². The van der Waals surface area contributed by atoms with E-state index in [2.05, 4.69) is 55.6 Å². The number of benzene rings is 2. The van der Waals surface area contributed by atoms with Crippen LogP contribution < -0.4 is 5.32 Å². The van der Waals surface area contributed by atoms with Gasteiger partial charge in [-0.05, 0) is 55.9 Å². The van der Waals surface area contributed by atoms with Crippen molar-refractivity contribution in [2.75, 3.05) is 0 Å². The predicted octanol–water partition coefficient (Wildman–Crippen LogP) is 5.25. The van der Waals surface area contributed by atoms with Crippen LogP contribution in [-0.4, -0.2) is 6.04 Å². The third-order valence-electron chi connectivity index (χ3n) is 4.54. The maximum atomic E-state index is 5.94. The van der Waals surface area contributed by atoms with Crippen LogP contribution in [0.15, 0.2) is 48.5 Å². The fourth-order valence-corrected chi connectivity index (χ4v) is 3.19. The first-order valence-electron chi connectivity index (χ1n) is 7.70. The second kappa shape index (κ2) is 6.21. The van der Waals surface area contributed by atoms with Crippen molar-refractivity contribution in [1.82, 2.24) is 5.32 Å². The molecule has 110 valence electrons. The number of hydrogen-bond donors (Lipinski definition) is 1. The van der Waals surface area contributed by atoms with Gasteiger partial charge >= 0.3 is 0 Å². The average Bonchev–Trinajstić information content (AvgIpc) is 2.44. The Morgan fingerprint density at radius 1 is 1.00 bits per heavy atom. The van der Waals surface area contributed by atoms with Gasteiger partial charge in [0.25, 0.3) is 0 Å². The first kappa shape index (κ1) is 14.6. The molecule has 0 heterocycles. The minimum absolute atomic E-state index is 0.418. The maximum absolute atomic E-state index is 5.94. The minimum Gasteiger partial charge on any atom is -0.307 e. The quantitative estimate of drug-likeness (QED) is 0.813. The largest absolute Gasteiger partial charge is 0.307 e. The van der Waals surface area contributed by atoms with Crippen LogP contribution in [0, 0.1) is 6.92 Å². The summed E-state index contributed by atoms with van der Waals surface area (Å²) in [5, 5.41) is 4.56. The van der Waals surface area contributed by atoms with Crippen LogP contribution in [-0.2, 0) is 0 Å². The Balaban J connectivity index is 1.52. The van der Waals surface area contributed by atoms with Gasteiger partial charge in [-0.2, -0.15) is 0 Å². The van der Waals surface area contributed by atoms with Crippen LogP contribution in [0.25, 0.3) is 0 Å². The molecule has 0 aromatic heterocycles. The summed E-state index contributed by atoms with van der Waals surface area (Å²) < 4.78 is 0. The monoisotopic (exact) mass is 299 g/mol. The predicted molar refractivity (Wildman–Crippen MR) is 89.9 cm³/mol. The molecule has 0 spiro atoms. The van der Waals surface area contributed by atoms with E-state index in [0.29, 0.717) is 18.0 Å². The Kier molecular flexibility index (Phi) is 4.32. The molecule has 0 amide bonds. The molecule has 1 nitrogen and oxygen atoms in total. The SMILES string of the molecule is Cc1ccc(C(C)NC2CC(c3ccc(Cl)cc3)C2)cc1. The van der Waals surface area contributed by atoms with Gasteiger partial charge in [-0.15, -0.1) is 0 Å². The molecular weight excluding hydrogens is 278 g/mol. The summed E-state index contributed by atoms with van der Waals surface area (Å²) in [4.78, 5) is 0. The minimum atomic E-state index is 0.418. The Morgan fingerprint density at radius 3 is 2.24 bits per heavy atom. The molecule has 1 N–H and O–H groups in total. The Hall–Kier alpha value is -1.31. The Morgan fingerprint density at radius 2 is 1.62 bits per heavy atom. The zero-order valence-electron chi connectivity index (χ0n) is 12.6. The average molecular weight is 300 g/mol. The number of hydrogen-bond acceptors (Lipinski definition) is 1. The van der Waals surface area contributed by atoms with E-state index in [1.807, 2.05) is 12.1 Å². The van der Waals surface area contributed by atoms with E-state index in [9.17, 15) is 0 Å². The summed E-state index contributed by atoms with van der Waals surface area (Å²) in [7, 11) is 0. The molecule has 1 aliphatic rings. The highest BCUT2D eigenvalue weighted by Crippen LogP contribution is 2.38. The number of nitrogens with one attached hydrogen (secondary N) is 1. The van der Waals surface area contributed by atoms with Crippen molar-refractivity contribution in [2.45, 2.75) is 44.7 Å². The number of aryl methyl sites for hydroxylation is 1. The standard InChI is InChI=1S/C19H22ClN/c1-13-3-5-15(6-4-13)14(2)21-19-11-17(12-19)16-7-9-18(20)10-8-16/h3-10,14,17,19,21H,11-12H2,1-2H3. The molecule has 21 heavy (non-hydrogen) atoms. The van der Waals surface area contributed by atoms with Gasteiger partial charge in [0.05, 0.1) is 0 Å². The van der Waals surface area contributed by atoms with Crippen LogP contribution in [0.1, 0.15) is 48.4 Å². The van der Waals surface area contributed by atoms with E-state index < -0.39 is 0 Å². The van der Waals surface area contributed by atoms with Gasteiger partial charge in [0, 0.05) is 17.1 Å². The van der Waals surface area contributed by atoms with E-state index in [0.717, 1.165) is 5.02 Å². The van der Waals surface area contributed by atoms with E-state index in [4.69, 9.17) is 11.6 Å². The molecule has 0 bridgehead atoms. The molecule has 0 aliphatic heterocycles. The third kappa shape index (κ3) is 3.48. The van der Waals surface area contributed by atoms with Crippen LogP contribution >= 0.6 is 11.6 Å². The second-order valence-electron chi connectivity index (χ2n) is 6.22. The summed E-state index contributed by atoms with van der Waals surface area (Å²) >= 11 is 5.94. The van der Waals surface area contributed by atoms with Crippen LogP contribution in [0.4, 0.5) is 0 Å². The summed E-state index contributed by atoms with van der Waals surface area (Å²) in [6.07, 6.45) is 2.44. The summed E-state index contributed by atoms with van der Waals surface area (Å²) in [6.45, 7) is 4.38. The molecule has 1 unspecified atom stereocenters. The summed E-state index contributed by atoms with van der Waals surface area (Å²) in [5.41, 5.74) is 4.10. The van der Waals surface area contributed by atoms with Crippen LogP contribution in [0.5, 0.6) is 0 Å². The lowest BCUT2D eigenvalue weighted by molar-refractivity contribution is 0.271. The van der Waals surface area contributed by atoms with Crippen LogP contribution in [0.2, 0.25) is 5.02 Å². The van der Waals surface area contributed by atoms with Crippen molar-refractivity contribution in [3.63, 3.8) is 0 Å². The highest BCUT2D eigenvalue weighted by atomic mass is 35.5. The highest BCUT2D eigenvalue weighted by molar-refractivity contribution is 6.30. The first-order chi connectivity index (χ1) is 10.1.